The smallest absolute Gasteiger partial charge is 0.311 e. The SMILES string of the molecule is CCC(C)(CC(C)(C)C(=O)OC)C(C)=O. The molecule has 0 spiro atoms. The molecule has 0 aromatic heterocycles. The molecule has 0 aliphatic rings. The van der Waals surface area contributed by atoms with Crippen LogP contribution in [0.25, 0.3) is 0 Å². The molecule has 0 fully saturated rings. The molecule has 0 aromatic carbocycles. The van der Waals surface area contributed by atoms with Gasteiger partial charge in [0.05, 0.1) is 12.5 Å². The van der Waals surface area contributed by atoms with E-state index in [1.54, 1.807) is 6.92 Å². The average Bonchev–Trinajstić information content (AvgIpc) is 2.15. The van der Waals surface area contributed by atoms with E-state index in [1.807, 2.05) is 27.7 Å². The van der Waals surface area contributed by atoms with E-state index in [-0.39, 0.29) is 11.8 Å². The van der Waals surface area contributed by atoms with Crippen LogP contribution in [-0.2, 0) is 14.3 Å². The van der Waals surface area contributed by atoms with Gasteiger partial charge in [0.25, 0.3) is 0 Å². The molecule has 15 heavy (non-hydrogen) atoms. The lowest BCUT2D eigenvalue weighted by atomic mass is 9.70. The molecule has 0 radical (unpaired) electrons. The first-order valence-electron chi connectivity index (χ1n) is 5.29. The maximum absolute atomic E-state index is 11.5. The Morgan fingerprint density at radius 3 is 1.93 bits per heavy atom. The fourth-order valence-corrected chi connectivity index (χ4v) is 1.82. The van der Waals surface area contributed by atoms with Gasteiger partial charge < -0.3 is 4.74 Å². The lowest BCUT2D eigenvalue weighted by molar-refractivity contribution is -0.153. The summed E-state index contributed by atoms with van der Waals surface area (Å²) < 4.78 is 4.73. The van der Waals surface area contributed by atoms with E-state index in [2.05, 4.69) is 0 Å². The molecule has 0 N–H and O–H groups in total. The first-order chi connectivity index (χ1) is 6.69. The molecule has 0 heterocycles. The predicted octanol–water partition coefficient (Wildman–Crippen LogP) is 2.58. The molecule has 0 saturated carbocycles. The zero-order chi connectivity index (χ0) is 12.3. The second kappa shape index (κ2) is 4.77. The van der Waals surface area contributed by atoms with E-state index in [1.165, 1.54) is 7.11 Å². The zero-order valence-electron chi connectivity index (χ0n) is 10.6. The van der Waals surface area contributed by atoms with Crippen molar-refractivity contribution in [1.82, 2.24) is 0 Å². The highest BCUT2D eigenvalue weighted by Crippen LogP contribution is 2.37. The van der Waals surface area contributed by atoms with E-state index in [0.717, 1.165) is 6.42 Å². The summed E-state index contributed by atoms with van der Waals surface area (Å²) in [5, 5.41) is 0. The topological polar surface area (TPSA) is 43.4 Å². The van der Waals surface area contributed by atoms with Crippen molar-refractivity contribution in [2.45, 2.75) is 47.5 Å². The third-order valence-electron chi connectivity index (χ3n) is 3.20. The standard InChI is InChI=1S/C12H22O3/c1-7-12(5,9(2)13)8-11(3,4)10(14)15-6/h7-8H2,1-6H3. The van der Waals surface area contributed by atoms with Crippen LogP contribution in [0.1, 0.15) is 47.5 Å². The summed E-state index contributed by atoms with van der Waals surface area (Å²) >= 11 is 0. The Labute approximate surface area is 92.2 Å². The minimum atomic E-state index is -0.606. The van der Waals surface area contributed by atoms with Crippen molar-refractivity contribution >= 4 is 11.8 Å². The van der Waals surface area contributed by atoms with Gasteiger partial charge in [0, 0.05) is 5.41 Å². The molecule has 3 nitrogen and oxygen atoms in total. The molecule has 0 aliphatic carbocycles. The lowest BCUT2D eigenvalue weighted by Gasteiger charge is -2.33. The Morgan fingerprint density at radius 1 is 1.20 bits per heavy atom. The molecule has 1 atom stereocenters. The molecular formula is C12H22O3. The van der Waals surface area contributed by atoms with Crippen LogP contribution < -0.4 is 0 Å². The van der Waals surface area contributed by atoms with Crippen LogP contribution >= 0.6 is 0 Å². The Bertz CT molecular complexity index is 256. The molecule has 1 unspecified atom stereocenters. The number of methoxy groups -OCH3 is 1. The van der Waals surface area contributed by atoms with Gasteiger partial charge in [-0.15, -0.1) is 0 Å². The molecule has 0 aromatic rings. The second-order valence-corrected chi connectivity index (χ2v) is 5.02. The fourth-order valence-electron chi connectivity index (χ4n) is 1.82. The van der Waals surface area contributed by atoms with E-state index in [9.17, 15) is 9.59 Å². The minimum absolute atomic E-state index is 0.127. The summed E-state index contributed by atoms with van der Waals surface area (Å²) in [4.78, 5) is 23.0. The van der Waals surface area contributed by atoms with Gasteiger partial charge in [-0.2, -0.15) is 0 Å². The van der Waals surface area contributed by atoms with Crippen LogP contribution in [-0.4, -0.2) is 18.9 Å². The highest BCUT2D eigenvalue weighted by Gasteiger charge is 2.39. The third-order valence-corrected chi connectivity index (χ3v) is 3.20. The molecule has 0 saturated heterocycles. The van der Waals surface area contributed by atoms with Crippen molar-refractivity contribution in [3.8, 4) is 0 Å². The van der Waals surface area contributed by atoms with Gasteiger partial charge >= 0.3 is 5.97 Å². The number of ketones is 1. The number of carbonyl (C=O) groups is 2. The largest absolute Gasteiger partial charge is 0.469 e. The van der Waals surface area contributed by atoms with Crippen LogP contribution in [0.4, 0.5) is 0 Å². The van der Waals surface area contributed by atoms with Crippen molar-refractivity contribution in [3.63, 3.8) is 0 Å². The van der Waals surface area contributed by atoms with Gasteiger partial charge in [-0.25, -0.2) is 0 Å². The Balaban J connectivity index is 4.83. The summed E-state index contributed by atoms with van der Waals surface area (Å²) in [5.74, 6) is -0.134. The average molecular weight is 214 g/mol. The fraction of sp³-hybridized carbons (Fsp3) is 0.833. The van der Waals surface area contributed by atoms with Crippen LogP contribution in [0, 0.1) is 10.8 Å². The number of hydrogen-bond acceptors (Lipinski definition) is 3. The Morgan fingerprint density at radius 2 is 1.67 bits per heavy atom. The molecule has 0 bridgehead atoms. The molecule has 0 rings (SSSR count). The number of ether oxygens (including phenoxy) is 1. The minimum Gasteiger partial charge on any atom is -0.469 e. The number of Topliss-reactive ketones (excluding diaryl/α,β-unsaturated/α-hetero) is 1. The Kier molecular flexibility index (Phi) is 4.50. The summed E-state index contributed by atoms with van der Waals surface area (Å²) in [7, 11) is 1.38. The van der Waals surface area contributed by atoms with Crippen LogP contribution in [0.2, 0.25) is 0 Å². The second-order valence-electron chi connectivity index (χ2n) is 5.02. The third kappa shape index (κ3) is 3.33. The number of hydrogen-bond donors (Lipinski definition) is 0. The first kappa shape index (κ1) is 14.1. The van der Waals surface area contributed by atoms with Gasteiger partial charge in [-0.1, -0.05) is 13.8 Å². The van der Waals surface area contributed by atoms with E-state index in [0.29, 0.717) is 6.42 Å². The van der Waals surface area contributed by atoms with Crippen LogP contribution in [0.15, 0.2) is 0 Å². The van der Waals surface area contributed by atoms with Gasteiger partial charge in [0.2, 0.25) is 0 Å². The highest BCUT2D eigenvalue weighted by atomic mass is 16.5. The molecule has 0 aliphatic heterocycles. The quantitative estimate of drug-likeness (QED) is 0.661. The van der Waals surface area contributed by atoms with Crippen LogP contribution in [0.3, 0.4) is 0 Å². The van der Waals surface area contributed by atoms with Crippen LogP contribution in [0.5, 0.6) is 0 Å². The summed E-state index contributed by atoms with van der Waals surface area (Å²) in [6, 6.07) is 0. The first-order valence-corrected chi connectivity index (χ1v) is 5.29. The lowest BCUT2D eigenvalue weighted by Crippen LogP contribution is -2.36. The predicted molar refractivity (Wildman–Crippen MR) is 59.5 cm³/mol. The maximum atomic E-state index is 11.5. The number of rotatable bonds is 5. The van der Waals surface area contributed by atoms with Crippen molar-refractivity contribution < 1.29 is 14.3 Å². The number of carbonyl (C=O) groups excluding carboxylic acids is 2. The van der Waals surface area contributed by atoms with E-state index in [4.69, 9.17) is 4.74 Å². The zero-order valence-corrected chi connectivity index (χ0v) is 10.6. The number of esters is 1. The molecule has 0 amide bonds. The molecular weight excluding hydrogens is 192 g/mol. The van der Waals surface area contributed by atoms with Crippen molar-refractivity contribution in [2.75, 3.05) is 7.11 Å². The van der Waals surface area contributed by atoms with Gasteiger partial charge in [-0.05, 0) is 33.6 Å². The van der Waals surface area contributed by atoms with E-state index < -0.39 is 10.8 Å². The van der Waals surface area contributed by atoms with Crippen molar-refractivity contribution in [2.24, 2.45) is 10.8 Å². The molecule has 88 valence electrons. The maximum Gasteiger partial charge on any atom is 0.311 e. The molecule has 3 heteroatoms. The van der Waals surface area contributed by atoms with Gasteiger partial charge in [0.15, 0.2) is 0 Å². The monoisotopic (exact) mass is 214 g/mol. The van der Waals surface area contributed by atoms with Gasteiger partial charge in [0.1, 0.15) is 5.78 Å². The van der Waals surface area contributed by atoms with E-state index >= 15 is 0 Å². The van der Waals surface area contributed by atoms with Crippen molar-refractivity contribution in [3.05, 3.63) is 0 Å². The normalized spacial score (nSPS) is 15.6. The highest BCUT2D eigenvalue weighted by molar-refractivity contribution is 5.83. The summed E-state index contributed by atoms with van der Waals surface area (Å²) in [6.45, 7) is 9.08. The van der Waals surface area contributed by atoms with Gasteiger partial charge in [-0.3, -0.25) is 9.59 Å². The summed E-state index contributed by atoms with van der Waals surface area (Å²) in [6.07, 6.45) is 1.27. The van der Waals surface area contributed by atoms with Crippen molar-refractivity contribution in [1.29, 1.82) is 0 Å². The Hall–Kier alpha value is -0.860. The summed E-state index contributed by atoms with van der Waals surface area (Å²) in [5.41, 5.74) is -1.04.